The first-order valence-corrected chi connectivity index (χ1v) is 23.5. The first-order valence-electron chi connectivity index (χ1n) is 23.5. The summed E-state index contributed by atoms with van der Waals surface area (Å²) in [6, 6.07) is 62.9. The number of nitrogens with two attached hydrogens (primary N) is 1. The lowest BCUT2D eigenvalue weighted by molar-refractivity contribution is 0.793. The Bertz CT molecular complexity index is 3710. The average Bonchev–Trinajstić information content (AvgIpc) is 4.05. The summed E-state index contributed by atoms with van der Waals surface area (Å²) in [6.07, 6.45) is 10.1. The predicted octanol–water partition coefficient (Wildman–Crippen LogP) is 15.8. The van der Waals surface area contributed by atoms with Gasteiger partial charge in [-0.25, -0.2) is 0 Å². The van der Waals surface area contributed by atoms with E-state index in [1.54, 1.807) is 0 Å². The molecule has 7 aromatic carbocycles. The van der Waals surface area contributed by atoms with Gasteiger partial charge in [0.25, 0.3) is 0 Å². The molecule has 0 atom stereocenters. The zero-order chi connectivity index (χ0) is 47.9. The number of fused-ring (bicyclic) bond motifs is 9. The van der Waals surface area contributed by atoms with E-state index < -0.39 is 0 Å². The number of nitrogens with zero attached hydrogens (tertiary/aromatic N) is 5. The van der Waals surface area contributed by atoms with Crippen molar-refractivity contribution in [3.8, 4) is 11.1 Å². The Morgan fingerprint density at radius 3 is 1.71 bits per heavy atom. The Balaban J connectivity index is 0.000000942. The van der Waals surface area contributed by atoms with Crippen LogP contribution in [0.25, 0.3) is 93.8 Å². The topological polar surface area (TPSA) is 89.9 Å². The molecule has 0 bridgehead atoms. The van der Waals surface area contributed by atoms with Crippen LogP contribution in [0.2, 0.25) is 0 Å². The third-order valence-corrected chi connectivity index (χ3v) is 12.4. The summed E-state index contributed by atoms with van der Waals surface area (Å²) >= 11 is 0. The molecule has 0 aliphatic heterocycles. The second kappa shape index (κ2) is 20.4. The fraction of sp³-hybridized carbons (Fsp3) is 0.0806. The van der Waals surface area contributed by atoms with Crippen molar-refractivity contribution in [3.63, 3.8) is 0 Å². The molecule has 3 N–H and O–H groups in total. The molecule has 11 aromatic rings. The molecule has 0 saturated carbocycles. The molecule has 0 unspecified atom stereocenters. The van der Waals surface area contributed by atoms with Gasteiger partial charge >= 0.3 is 0 Å². The minimum absolute atomic E-state index is 0.420. The third-order valence-electron chi connectivity index (χ3n) is 12.4. The molecule has 0 aliphatic rings. The summed E-state index contributed by atoms with van der Waals surface area (Å²) in [5.41, 5.74) is 21.0. The first-order chi connectivity index (χ1) is 34.0. The van der Waals surface area contributed by atoms with E-state index in [-0.39, 0.29) is 0 Å². The highest BCUT2D eigenvalue weighted by atomic mass is 15.1. The fourth-order valence-corrected chi connectivity index (χ4v) is 9.15. The van der Waals surface area contributed by atoms with Crippen molar-refractivity contribution in [2.24, 2.45) is 10.7 Å². The summed E-state index contributed by atoms with van der Waals surface area (Å²) in [7, 11) is 0. The molecule has 4 heterocycles. The Hall–Kier alpha value is -8.81. The molecule has 0 amide bonds. The Morgan fingerprint density at radius 2 is 1.07 bits per heavy atom. The van der Waals surface area contributed by atoms with Gasteiger partial charge in [-0.15, -0.1) is 6.58 Å². The molecule has 338 valence electrons. The largest absolute Gasteiger partial charge is 0.398 e. The molecule has 0 saturated heterocycles. The van der Waals surface area contributed by atoms with Crippen molar-refractivity contribution in [2.45, 2.75) is 33.9 Å². The second-order valence-corrected chi connectivity index (χ2v) is 16.4. The molecule has 11 rings (SSSR count). The number of allylic oxidation sites excluding steroid dienone is 5. The van der Waals surface area contributed by atoms with Crippen molar-refractivity contribution < 1.29 is 0 Å². The van der Waals surface area contributed by atoms with Crippen LogP contribution < -0.4 is 5.73 Å². The molecular weight excluding hydrogens is 843 g/mol. The molecule has 0 aliphatic carbocycles. The number of aliphatic imine (C=N–C) groups is 1. The van der Waals surface area contributed by atoms with Crippen LogP contribution in [0.5, 0.6) is 0 Å². The van der Waals surface area contributed by atoms with Crippen LogP contribution in [-0.4, -0.2) is 30.6 Å². The van der Waals surface area contributed by atoms with Gasteiger partial charge in [-0.05, 0) is 95.4 Å². The van der Waals surface area contributed by atoms with E-state index >= 15 is 0 Å². The van der Waals surface area contributed by atoms with Gasteiger partial charge in [-0.1, -0.05) is 161 Å². The van der Waals surface area contributed by atoms with Gasteiger partial charge in [-0.2, -0.15) is 0 Å². The molecular formula is C62H55N7. The lowest BCUT2D eigenvalue weighted by Crippen LogP contribution is -2.06. The molecule has 7 nitrogen and oxygen atoms in total. The van der Waals surface area contributed by atoms with E-state index in [4.69, 9.17) is 21.1 Å². The number of nitrogens with one attached hydrogen (secondary N) is 1. The number of hydrogen-bond donors (Lipinski definition) is 2. The second-order valence-electron chi connectivity index (χ2n) is 16.4. The molecule has 0 fully saturated rings. The van der Waals surface area contributed by atoms with E-state index in [1.165, 1.54) is 17.0 Å². The monoisotopic (exact) mass is 897 g/mol. The van der Waals surface area contributed by atoms with Gasteiger partial charge in [0, 0.05) is 50.7 Å². The van der Waals surface area contributed by atoms with Crippen LogP contribution in [0.4, 0.5) is 0 Å². The van der Waals surface area contributed by atoms with Gasteiger partial charge in [0.05, 0.1) is 50.0 Å². The van der Waals surface area contributed by atoms with Crippen molar-refractivity contribution in [1.29, 1.82) is 5.41 Å². The highest BCUT2D eigenvalue weighted by Crippen LogP contribution is 2.38. The minimum Gasteiger partial charge on any atom is -0.398 e. The lowest BCUT2D eigenvalue weighted by atomic mass is 10.0. The number of hydrogen-bond acceptors (Lipinski definition) is 4. The summed E-state index contributed by atoms with van der Waals surface area (Å²) in [6.45, 7) is 14.6. The zero-order valence-corrected chi connectivity index (χ0v) is 39.3. The Labute approximate surface area is 403 Å². The lowest BCUT2D eigenvalue weighted by Gasteiger charge is -2.12. The van der Waals surface area contributed by atoms with Gasteiger partial charge in [0.1, 0.15) is 6.67 Å². The van der Waals surface area contributed by atoms with E-state index in [2.05, 4.69) is 149 Å². The predicted molar refractivity (Wildman–Crippen MR) is 297 cm³/mol. The zero-order valence-electron chi connectivity index (χ0n) is 39.3. The quantitative estimate of drug-likeness (QED) is 0.0769. The number of para-hydroxylation sites is 3. The summed E-state index contributed by atoms with van der Waals surface area (Å²) in [5.74, 6) is 0. The van der Waals surface area contributed by atoms with Crippen LogP contribution >= 0.6 is 0 Å². The van der Waals surface area contributed by atoms with Gasteiger partial charge < -0.3 is 24.8 Å². The Kier molecular flexibility index (Phi) is 13.4. The number of benzene rings is 7. The minimum atomic E-state index is 0.420. The van der Waals surface area contributed by atoms with Crippen LogP contribution in [0.1, 0.15) is 38.3 Å². The van der Waals surface area contributed by atoms with E-state index in [9.17, 15) is 0 Å². The fourth-order valence-electron chi connectivity index (χ4n) is 9.15. The summed E-state index contributed by atoms with van der Waals surface area (Å²) in [4.78, 5) is 9.92. The number of rotatable bonds is 11. The van der Waals surface area contributed by atoms with Crippen molar-refractivity contribution in [3.05, 3.63) is 231 Å². The third kappa shape index (κ3) is 8.70. The molecule has 4 aromatic heterocycles. The highest BCUT2D eigenvalue weighted by Gasteiger charge is 2.18. The van der Waals surface area contributed by atoms with Crippen molar-refractivity contribution >= 4 is 94.6 Å². The number of aromatic nitrogens is 4. The van der Waals surface area contributed by atoms with E-state index in [1.807, 2.05) is 105 Å². The maximum Gasteiger partial charge on any atom is 0.115 e. The van der Waals surface area contributed by atoms with Gasteiger partial charge in [0.2, 0.25) is 0 Å². The standard InChI is InChI=1S/C56H41N7.C4H8.C2H6/c1-37(31-42(35-57)63-53-24-13-10-21-45(53)56-55(63)25-14-30-59-56)62-52-23-12-9-20-44(52)47-33-41(27-29-54(47)62)40-26-28-51-46(32-40)43-19-8-11-22-50(43)61(51)36-60-49(39-17-6-3-7-18-39)34-48(58)38-15-4-2-5-16-38;1-3-4-2;1-2/h2-35,57H,1,36,58H2;3H,1,4H2,2H3;1-2H3/b42-31+,48-34-,57-35?,60-49+;;. The maximum atomic E-state index is 8.60. The van der Waals surface area contributed by atoms with E-state index in [0.29, 0.717) is 18.1 Å². The molecule has 69 heavy (non-hydrogen) atoms. The normalized spacial score (nSPS) is 12.0. The van der Waals surface area contributed by atoms with Gasteiger partial charge in [-0.3, -0.25) is 9.98 Å². The summed E-state index contributed by atoms with van der Waals surface area (Å²) < 4.78 is 6.59. The average molecular weight is 898 g/mol. The molecule has 0 spiro atoms. The van der Waals surface area contributed by atoms with Gasteiger partial charge in [0.15, 0.2) is 0 Å². The first kappa shape index (κ1) is 45.4. The molecule has 0 radical (unpaired) electrons. The van der Waals surface area contributed by atoms with Crippen LogP contribution in [-0.2, 0) is 6.67 Å². The maximum absolute atomic E-state index is 8.60. The number of pyridine rings is 1. The summed E-state index contributed by atoms with van der Waals surface area (Å²) in [5, 5.41) is 14.2. The van der Waals surface area contributed by atoms with Crippen LogP contribution in [0, 0.1) is 5.41 Å². The smallest absolute Gasteiger partial charge is 0.115 e. The highest BCUT2D eigenvalue weighted by molar-refractivity contribution is 6.17. The SMILES string of the molecule is C=C(/C=C(\C=N)n1c2ccccc2c2ncccc21)n1c2ccccc2c2cc(-c3ccc4c(c3)c3ccccc3n4C/N=C(\C=C(/N)c3ccccc3)c3ccccc3)ccc21.C=CCC.CC. The van der Waals surface area contributed by atoms with Crippen LogP contribution in [0.3, 0.4) is 0 Å². The van der Waals surface area contributed by atoms with Crippen LogP contribution in [0.15, 0.2) is 225 Å². The van der Waals surface area contributed by atoms with Crippen molar-refractivity contribution in [1.82, 2.24) is 18.7 Å². The van der Waals surface area contributed by atoms with E-state index in [0.717, 1.165) is 94.9 Å². The van der Waals surface area contributed by atoms with Crippen molar-refractivity contribution in [2.75, 3.05) is 0 Å². The Morgan fingerprint density at radius 1 is 0.580 bits per heavy atom. The molecule has 7 heteroatoms.